The second kappa shape index (κ2) is 4.92. The van der Waals surface area contributed by atoms with E-state index in [0.717, 1.165) is 38.8 Å². The summed E-state index contributed by atoms with van der Waals surface area (Å²) in [6.07, 6.45) is 5.71. The van der Waals surface area contributed by atoms with E-state index >= 15 is 0 Å². The van der Waals surface area contributed by atoms with Crippen LogP contribution in [0, 0.1) is 5.92 Å². The minimum absolute atomic E-state index is 0.157. The molecule has 2 heterocycles. The Labute approximate surface area is 106 Å². The average Bonchev–Trinajstić information content (AvgIpc) is 3.24. The predicted octanol–water partition coefficient (Wildman–Crippen LogP) is 1.26. The number of piperidine rings is 1. The van der Waals surface area contributed by atoms with Crippen LogP contribution in [0.5, 0.6) is 5.88 Å². The molecule has 0 atom stereocenters. The van der Waals surface area contributed by atoms with E-state index in [1.807, 2.05) is 17.0 Å². The fourth-order valence-corrected chi connectivity index (χ4v) is 2.30. The van der Waals surface area contributed by atoms with Gasteiger partial charge in [-0.2, -0.15) is 5.10 Å². The molecule has 1 saturated carbocycles. The van der Waals surface area contributed by atoms with Gasteiger partial charge in [0.2, 0.25) is 11.8 Å². The lowest BCUT2D eigenvalue weighted by Crippen LogP contribution is -2.42. The molecule has 0 N–H and O–H groups in total. The Morgan fingerprint density at radius 2 is 2.06 bits per heavy atom. The molecule has 1 amide bonds. The summed E-state index contributed by atoms with van der Waals surface area (Å²) in [5.41, 5.74) is 0. The number of ether oxygens (including phenoxy) is 1. The van der Waals surface area contributed by atoms with Gasteiger partial charge in [0.15, 0.2) is 0 Å². The van der Waals surface area contributed by atoms with E-state index in [4.69, 9.17) is 4.74 Å². The van der Waals surface area contributed by atoms with Crippen LogP contribution in [0.25, 0.3) is 0 Å². The normalized spacial score (nSPS) is 20.8. The van der Waals surface area contributed by atoms with Crippen molar-refractivity contribution in [1.29, 1.82) is 0 Å². The molecule has 0 aromatic carbocycles. The second-order valence-corrected chi connectivity index (χ2v) is 4.98. The van der Waals surface area contributed by atoms with Crippen molar-refractivity contribution in [2.45, 2.75) is 31.8 Å². The molecule has 0 spiro atoms. The van der Waals surface area contributed by atoms with E-state index < -0.39 is 0 Å². The van der Waals surface area contributed by atoms with Crippen molar-refractivity contribution in [3.63, 3.8) is 0 Å². The summed E-state index contributed by atoms with van der Waals surface area (Å²) in [7, 11) is 0. The molecule has 1 aliphatic carbocycles. The lowest BCUT2D eigenvalue weighted by molar-refractivity contribution is -0.134. The highest BCUT2D eigenvalue weighted by molar-refractivity contribution is 5.81. The minimum Gasteiger partial charge on any atom is -0.473 e. The SMILES string of the molecule is O=C(C1CC1)N1CCC(Oc2cccnn2)CC1. The maximum atomic E-state index is 11.9. The van der Waals surface area contributed by atoms with Crippen molar-refractivity contribution < 1.29 is 9.53 Å². The van der Waals surface area contributed by atoms with Gasteiger partial charge in [0.25, 0.3) is 0 Å². The summed E-state index contributed by atoms with van der Waals surface area (Å²) in [4.78, 5) is 13.9. The second-order valence-electron chi connectivity index (χ2n) is 4.98. The zero-order valence-electron chi connectivity index (χ0n) is 10.3. The number of amides is 1. The topological polar surface area (TPSA) is 55.3 Å². The Bertz CT molecular complexity index is 412. The van der Waals surface area contributed by atoms with Crippen LogP contribution < -0.4 is 4.74 Å². The Kier molecular flexibility index (Phi) is 3.13. The molecule has 0 bridgehead atoms. The van der Waals surface area contributed by atoms with Gasteiger partial charge >= 0.3 is 0 Å². The van der Waals surface area contributed by atoms with E-state index in [1.54, 1.807) is 6.20 Å². The van der Waals surface area contributed by atoms with Crippen LogP contribution in [-0.2, 0) is 4.79 Å². The first-order valence-electron chi connectivity index (χ1n) is 6.56. The number of rotatable bonds is 3. The standard InChI is InChI=1S/C13H17N3O2/c17-13(10-3-4-10)16-8-5-11(6-9-16)18-12-2-1-7-14-15-12/h1-2,7,10-11H,3-6,8-9H2. The molecule has 1 aromatic rings. The molecular weight excluding hydrogens is 230 g/mol. The highest BCUT2D eigenvalue weighted by Gasteiger charge is 2.35. The molecule has 0 unspecified atom stereocenters. The Morgan fingerprint density at radius 1 is 1.28 bits per heavy atom. The molecular formula is C13H17N3O2. The molecule has 1 aliphatic heterocycles. The summed E-state index contributed by atoms with van der Waals surface area (Å²) in [6.45, 7) is 1.61. The summed E-state index contributed by atoms with van der Waals surface area (Å²) in [5.74, 6) is 1.24. The Morgan fingerprint density at radius 3 is 2.67 bits per heavy atom. The van der Waals surface area contributed by atoms with Crippen LogP contribution in [0.4, 0.5) is 0 Å². The first-order valence-corrected chi connectivity index (χ1v) is 6.56. The van der Waals surface area contributed by atoms with Gasteiger partial charge in [-0.3, -0.25) is 4.79 Å². The van der Waals surface area contributed by atoms with Crippen LogP contribution in [0.1, 0.15) is 25.7 Å². The first kappa shape index (κ1) is 11.4. The average molecular weight is 247 g/mol. The van der Waals surface area contributed by atoms with Crippen LogP contribution in [0.3, 0.4) is 0 Å². The zero-order valence-corrected chi connectivity index (χ0v) is 10.3. The van der Waals surface area contributed by atoms with E-state index in [1.165, 1.54) is 0 Å². The monoisotopic (exact) mass is 247 g/mol. The van der Waals surface area contributed by atoms with Crippen LogP contribution in [0.15, 0.2) is 18.3 Å². The van der Waals surface area contributed by atoms with E-state index in [-0.39, 0.29) is 6.10 Å². The molecule has 18 heavy (non-hydrogen) atoms. The quantitative estimate of drug-likeness (QED) is 0.806. The number of hydrogen-bond donors (Lipinski definition) is 0. The molecule has 0 radical (unpaired) electrons. The number of carbonyl (C=O) groups is 1. The molecule has 1 saturated heterocycles. The van der Waals surface area contributed by atoms with E-state index in [9.17, 15) is 4.79 Å². The number of hydrogen-bond acceptors (Lipinski definition) is 4. The van der Waals surface area contributed by atoms with Crippen molar-refractivity contribution in [2.75, 3.05) is 13.1 Å². The van der Waals surface area contributed by atoms with Gasteiger partial charge in [-0.15, -0.1) is 5.10 Å². The first-order chi connectivity index (χ1) is 8.83. The van der Waals surface area contributed by atoms with Crippen molar-refractivity contribution in [3.05, 3.63) is 18.3 Å². The molecule has 96 valence electrons. The lowest BCUT2D eigenvalue weighted by atomic mass is 10.1. The number of carbonyl (C=O) groups excluding carboxylic acids is 1. The highest BCUT2D eigenvalue weighted by Crippen LogP contribution is 2.32. The van der Waals surface area contributed by atoms with Gasteiger partial charge in [-0.05, 0) is 18.9 Å². The summed E-state index contributed by atoms with van der Waals surface area (Å²) < 4.78 is 5.75. The molecule has 2 fully saturated rings. The van der Waals surface area contributed by atoms with E-state index in [0.29, 0.717) is 17.7 Å². The smallest absolute Gasteiger partial charge is 0.233 e. The maximum Gasteiger partial charge on any atom is 0.233 e. The van der Waals surface area contributed by atoms with Gasteiger partial charge in [-0.25, -0.2) is 0 Å². The van der Waals surface area contributed by atoms with Gasteiger partial charge in [0.1, 0.15) is 6.10 Å². The molecule has 5 nitrogen and oxygen atoms in total. The van der Waals surface area contributed by atoms with Crippen molar-refractivity contribution in [1.82, 2.24) is 15.1 Å². The third kappa shape index (κ3) is 2.60. The van der Waals surface area contributed by atoms with Gasteiger partial charge in [-0.1, -0.05) is 0 Å². The van der Waals surface area contributed by atoms with Gasteiger partial charge < -0.3 is 9.64 Å². The van der Waals surface area contributed by atoms with Crippen molar-refractivity contribution in [2.24, 2.45) is 5.92 Å². The maximum absolute atomic E-state index is 11.9. The predicted molar refractivity (Wildman–Crippen MR) is 65.0 cm³/mol. The summed E-state index contributed by atoms with van der Waals surface area (Å²) in [6, 6.07) is 3.63. The fraction of sp³-hybridized carbons (Fsp3) is 0.615. The van der Waals surface area contributed by atoms with Gasteiger partial charge in [0, 0.05) is 44.1 Å². The lowest BCUT2D eigenvalue weighted by Gasteiger charge is -2.31. The van der Waals surface area contributed by atoms with Crippen LogP contribution in [0.2, 0.25) is 0 Å². The molecule has 1 aromatic heterocycles. The number of aromatic nitrogens is 2. The molecule has 5 heteroatoms. The summed E-state index contributed by atoms with van der Waals surface area (Å²) >= 11 is 0. The Balaban J connectivity index is 1.49. The van der Waals surface area contributed by atoms with Crippen LogP contribution >= 0.6 is 0 Å². The molecule has 3 rings (SSSR count). The molecule has 2 aliphatic rings. The fourth-order valence-electron chi connectivity index (χ4n) is 2.30. The third-order valence-electron chi connectivity index (χ3n) is 3.52. The number of nitrogens with zero attached hydrogens (tertiary/aromatic N) is 3. The largest absolute Gasteiger partial charge is 0.473 e. The van der Waals surface area contributed by atoms with Crippen molar-refractivity contribution in [3.8, 4) is 5.88 Å². The minimum atomic E-state index is 0.157. The van der Waals surface area contributed by atoms with Crippen LogP contribution in [-0.4, -0.2) is 40.2 Å². The Hall–Kier alpha value is -1.65. The summed E-state index contributed by atoms with van der Waals surface area (Å²) in [5, 5.41) is 7.70. The van der Waals surface area contributed by atoms with E-state index in [2.05, 4.69) is 10.2 Å². The third-order valence-corrected chi connectivity index (χ3v) is 3.52. The number of likely N-dealkylation sites (tertiary alicyclic amines) is 1. The highest BCUT2D eigenvalue weighted by atomic mass is 16.5. The zero-order chi connectivity index (χ0) is 12.4. The van der Waals surface area contributed by atoms with Crippen molar-refractivity contribution >= 4 is 5.91 Å². The van der Waals surface area contributed by atoms with Gasteiger partial charge in [0.05, 0.1) is 0 Å².